The Morgan fingerprint density at radius 1 is 0.846 bits per heavy atom. The van der Waals surface area contributed by atoms with Crippen molar-refractivity contribution in [1.29, 1.82) is 0 Å². The molecule has 0 spiro atoms. The quantitative estimate of drug-likeness (QED) is 0.239. The van der Waals surface area contributed by atoms with E-state index < -0.39 is 44.0 Å². The van der Waals surface area contributed by atoms with Gasteiger partial charge in [0.15, 0.2) is 5.75 Å². The molecular weight excluding hydrogens is 621 g/mol. The molecule has 16 heteroatoms. The van der Waals surface area contributed by atoms with Crippen LogP contribution in [0.3, 0.4) is 0 Å². The van der Waals surface area contributed by atoms with E-state index in [0.717, 1.165) is 6.26 Å². The van der Waals surface area contributed by atoms with Gasteiger partial charge in [-0.05, 0) is 36.4 Å². The molecule has 0 unspecified atom stereocenters. The van der Waals surface area contributed by atoms with Crippen LogP contribution in [0, 0.1) is 0 Å². The molecule has 0 radical (unpaired) electrons. The minimum Gasteiger partial charge on any atom is -0.490 e. The minimum atomic E-state index is -4.06. The van der Waals surface area contributed by atoms with E-state index in [1.54, 1.807) is 0 Å². The molecule has 0 fully saturated rings. The van der Waals surface area contributed by atoms with Crippen LogP contribution in [0.4, 0.5) is 0 Å². The highest BCUT2D eigenvalue weighted by Crippen LogP contribution is 2.37. The van der Waals surface area contributed by atoms with Gasteiger partial charge in [-0.25, -0.2) is 21.6 Å². The summed E-state index contributed by atoms with van der Waals surface area (Å²) in [6.07, 6.45) is -0.721. The van der Waals surface area contributed by atoms with Crippen LogP contribution in [0.15, 0.2) is 46.2 Å². The summed E-state index contributed by atoms with van der Waals surface area (Å²) in [4.78, 5) is 22.1. The average Bonchev–Trinajstić information content (AvgIpc) is 2.83. The van der Waals surface area contributed by atoms with Gasteiger partial charge in [0.25, 0.3) is 0 Å². The summed E-state index contributed by atoms with van der Waals surface area (Å²) >= 11 is 18.2. The van der Waals surface area contributed by atoms with Gasteiger partial charge in [-0.3, -0.25) is 9.59 Å². The predicted molar refractivity (Wildman–Crippen MR) is 144 cm³/mol. The van der Waals surface area contributed by atoms with Gasteiger partial charge in [0.1, 0.15) is 31.2 Å². The lowest BCUT2D eigenvalue weighted by Gasteiger charge is -2.18. The molecule has 0 aliphatic carbocycles. The number of alkyl halides is 1. The summed E-state index contributed by atoms with van der Waals surface area (Å²) in [6.45, 7) is 1.84. The Balaban J connectivity index is 2.14. The van der Waals surface area contributed by atoms with E-state index in [2.05, 4.69) is 4.72 Å². The minimum absolute atomic E-state index is 0.00371. The molecule has 216 valence electrons. The number of carbonyl (C=O) groups is 2. The zero-order valence-corrected chi connectivity index (χ0v) is 24.9. The molecule has 0 bridgehead atoms. The molecule has 0 aliphatic heterocycles. The SMILES string of the molecule is CC(=O)O[C@H](CNS(C)(=O)=O)COc1ccc(S(=O)(=O)c2cc(Cl)c(OC[C@H](CCl)OC(C)=O)c(Cl)c2)cc1. The number of benzene rings is 2. The molecule has 0 saturated carbocycles. The van der Waals surface area contributed by atoms with Crippen molar-refractivity contribution in [1.82, 2.24) is 4.72 Å². The number of sulfone groups is 1. The van der Waals surface area contributed by atoms with E-state index in [1.807, 2.05) is 0 Å². The first-order valence-corrected chi connectivity index (χ1v) is 15.7. The zero-order valence-electron chi connectivity index (χ0n) is 21.0. The largest absolute Gasteiger partial charge is 0.490 e. The summed E-state index contributed by atoms with van der Waals surface area (Å²) in [5.41, 5.74) is 0. The lowest BCUT2D eigenvalue weighted by molar-refractivity contribution is -0.148. The molecule has 2 rings (SSSR count). The van der Waals surface area contributed by atoms with Crippen LogP contribution >= 0.6 is 34.8 Å². The van der Waals surface area contributed by atoms with Crippen LogP contribution in [-0.2, 0) is 38.9 Å². The third-order valence-electron chi connectivity index (χ3n) is 4.68. The Hall–Kier alpha value is -2.29. The standard InChI is InChI=1S/C23H26Cl3NO10S2/c1-14(28)36-17(10-24)12-35-23-21(25)8-20(9-22(23)26)39(32,33)19-6-4-16(5-7-19)34-13-18(37-15(2)29)11-27-38(3,30)31/h4-9,17-18,27H,10-13H2,1-3H3/t17-,18+/m0/s1. The van der Waals surface area contributed by atoms with Crippen molar-refractivity contribution in [3.8, 4) is 11.5 Å². The van der Waals surface area contributed by atoms with Crippen molar-refractivity contribution in [2.24, 2.45) is 0 Å². The zero-order chi connectivity index (χ0) is 29.4. The summed E-state index contributed by atoms with van der Waals surface area (Å²) in [6, 6.07) is 7.67. The summed E-state index contributed by atoms with van der Waals surface area (Å²) in [5, 5.41) is -0.173. The van der Waals surface area contributed by atoms with E-state index in [4.69, 9.17) is 53.8 Å². The van der Waals surface area contributed by atoms with Crippen LogP contribution in [0.25, 0.3) is 0 Å². The topological polar surface area (TPSA) is 151 Å². The number of sulfonamides is 1. The van der Waals surface area contributed by atoms with Gasteiger partial charge >= 0.3 is 11.9 Å². The Morgan fingerprint density at radius 3 is 1.85 bits per heavy atom. The molecule has 2 aromatic carbocycles. The van der Waals surface area contributed by atoms with Crippen LogP contribution < -0.4 is 14.2 Å². The fourth-order valence-electron chi connectivity index (χ4n) is 3.00. The smallest absolute Gasteiger partial charge is 0.303 e. The third kappa shape index (κ3) is 10.7. The second-order valence-electron chi connectivity index (χ2n) is 8.05. The monoisotopic (exact) mass is 645 g/mol. The van der Waals surface area contributed by atoms with Gasteiger partial charge in [0, 0.05) is 13.8 Å². The number of halogens is 3. The number of esters is 2. The van der Waals surface area contributed by atoms with E-state index >= 15 is 0 Å². The van der Waals surface area contributed by atoms with Crippen LogP contribution in [0.1, 0.15) is 13.8 Å². The fourth-order valence-corrected chi connectivity index (χ4v) is 5.68. The van der Waals surface area contributed by atoms with E-state index in [0.29, 0.717) is 0 Å². The van der Waals surface area contributed by atoms with Gasteiger partial charge in [0.2, 0.25) is 19.9 Å². The maximum absolute atomic E-state index is 13.2. The van der Waals surface area contributed by atoms with Gasteiger partial charge in [0.05, 0.1) is 38.5 Å². The summed E-state index contributed by atoms with van der Waals surface area (Å²) in [5.74, 6) is -0.976. The lowest BCUT2D eigenvalue weighted by atomic mass is 10.3. The maximum atomic E-state index is 13.2. The fraction of sp³-hybridized carbons (Fsp3) is 0.391. The lowest BCUT2D eigenvalue weighted by Crippen LogP contribution is -2.37. The molecule has 2 aromatic rings. The second kappa shape index (κ2) is 14.4. The second-order valence-corrected chi connectivity index (χ2v) is 13.0. The van der Waals surface area contributed by atoms with Crippen molar-refractivity contribution in [2.45, 2.75) is 35.8 Å². The first-order chi connectivity index (χ1) is 18.1. The maximum Gasteiger partial charge on any atom is 0.303 e. The Morgan fingerprint density at radius 2 is 1.36 bits per heavy atom. The van der Waals surface area contributed by atoms with E-state index in [9.17, 15) is 26.4 Å². The molecule has 1 N–H and O–H groups in total. The summed E-state index contributed by atoms with van der Waals surface area (Å²) < 4.78 is 72.3. The molecule has 0 aliphatic rings. The number of hydrogen-bond donors (Lipinski definition) is 1. The van der Waals surface area contributed by atoms with Crippen molar-refractivity contribution in [3.63, 3.8) is 0 Å². The van der Waals surface area contributed by atoms with Gasteiger partial charge in [-0.1, -0.05) is 23.2 Å². The highest BCUT2D eigenvalue weighted by atomic mass is 35.5. The predicted octanol–water partition coefficient (Wildman–Crippen LogP) is 3.24. The van der Waals surface area contributed by atoms with Crippen molar-refractivity contribution < 1.29 is 45.4 Å². The molecule has 0 aromatic heterocycles. The molecule has 0 amide bonds. The average molecular weight is 647 g/mol. The number of rotatable bonds is 14. The molecule has 39 heavy (non-hydrogen) atoms. The molecular formula is C23H26Cl3NO10S2. The first kappa shape index (κ1) is 32.9. The molecule has 11 nitrogen and oxygen atoms in total. The van der Waals surface area contributed by atoms with Crippen LogP contribution in [0.2, 0.25) is 10.0 Å². The number of nitrogens with one attached hydrogen (secondary N) is 1. The Bertz CT molecular complexity index is 1360. The van der Waals surface area contributed by atoms with Crippen LogP contribution in [0.5, 0.6) is 11.5 Å². The molecule has 0 saturated heterocycles. The molecule has 0 heterocycles. The van der Waals surface area contributed by atoms with Crippen molar-refractivity contribution >= 4 is 66.6 Å². The number of ether oxygens (including phenoxy) is 4. The van der Waals surface area contributed by atoms with Gasteiger partial charge < -0.3 is 18.9 Å². The van der Waals surface area contributed by atoms with Gasteiger partial charge in [-0.15, -0.1) is 11.6 Å². The first-order valence-electron chi connectivity index (χ1n) is 11.1. The summed E-state index contributed by atoms with van der Waals surface area (Å²) in [7, 11) is -7.58. The highest BCUT2D eigenvalue weighted by molar-refractivity contribution is 7.91. The van der Waals surface area contributed by atoms with Crippen LogP contribution in [-0.4, -0.2) is 72.9 Å². The van der Waals surface area contributed by atoms with Crippen molar-refractivity contribution in [2.75, 3.05) is 31.9 Å². The number of carbonyl (C=O) groups excluding carboxylic acids is 2. The highest BCUT2D eigenvalue weighted by Gasteiger charge is 2.23. The van der Waals surface area contributed by atoms with E-state index in [-0.39, 0.29) is 57.0 Å². The normalized spacial score (nSPS) is 13.3. The third-order valence-corrected chi connectivity index (χ3v) is 8.02. The van der Waals surface area contributed by atoms with E-state index in [1.165, 1.54) is 50.2 Å². The molecule has 2 atom stereocenters. The van der Waals surface area contributed by atoms with Gasteiger partial charge in [-0.2, -0.15) is 0 Å². The number of hydrogen-bond acceptors (Lipinski definition) is 10. The Labute approximate surface area is 241 Å². The van der Waals surface area contributed by atoms with Crippen molar-refractivity contribution in [3.05, 3.63) is 46.4 Å². The Kier molecular flexibility index (Phi) is 12.1.